The second-order valence-electron chi connectivity index (χ2n) is 6.89. The molecule has 2 aromatic heterocycles. The number of rotatable bonds is 8. The molecule has 2 aromatic rings. The molecule has 0 radical (unpaired) electrons. The highest BCUT2D eigenvalue weighted by molar-refractivity contribution is 5.86. The fourth-order valence-electron chi connectivity index (χ4n) is 3.55. The average Bonchev–Trinajstić information content (AvgIpc) is 3.18. The summed E-state index contributed by atoms with van der Waals surface area (Å²) in [4.78, 5) is 18.8. The van der Waals surface area contributed by atoms with E-state index in [1.165, 1.54) is 6.33 Å². The van der Waals surface area contributed by atoms with Crippen LogP contribution in [0.5, 0.6) is 0 Å². The summed E-state index contributed by atoms with van der Waals surface area (Å²) in [5.41, 5.74) is 12.1. The quantitative estimate of drug-likeness (QED) is 0.418. The van der Waals surface area contributed by atoms with Crippen LogP contribution in [0.2, 0.25) is 0 Å². The van der Waals surface area contributed by atoms with Gasteiger partial charge in [-0.3, -0.25) is 4.79 Å². The molecule has 10 nitrogen and oxygen atoms in total. The minimum Gasteiger partial charge on any atom is -0.481 e. The Labute approximate surface area is 155 Å². The third kappa shape index (κ3) is 4.03. The van der Waals surface area contributed by atoms with Crippen molar-refractivity contribution in [1.29, 1.82) is 0 Å². The normalized spacial score (nSPS) is 26.5. The van der Waals surface area contributed by atoms with Crippen molar-refractivity contribution in [3.8, 4) is 0 Å². The maximum atomic E-state index is 10.7. The monoisotopic (exact) mass is 379 g/mol. The fourth-order valence-corrected chi connectivity index (χ4v) is 3.55. The number of aromatic nitrogens is 3. The lowest BCUT2D eigenvalue weighted by atomic mass is 9.93. The maximum absolute atomic E-state index is 10.7. The molecule has 1 fully saturated rings. The van der Waals surface area contributed by atoms with Gasteiger partial charge in [0.15, 0.2) is 6.23 Å². The third-order valence-electron chi connectivity index (χ3n) is 5.05. The first-order chi connectivity index (χ1) is 12.9. The Morgan fingerprint density at radius 1 is 1.33 bits per heavy atom. The Balaban J connectivity index is 1.71. The summed E-state index contributed by atoms with van der Waals surface area (Å²) in [6.45, 7) is 0.350. The van der Waals surface area contributed by atoms with Crippen molar-refractivity contribution in [1.82, 2.24) is 14.5 Å². The molecule has 5 atom stereocenters. The van der Waals surface area contributed by atoms with Crippen LogP contribution in [0.1, 0.15) is 31.9 Å². The molecular weight excluding hydrogens is 354 g/mol. The zero-order chi connectivity index (χ0) is 19.6. The number of aliphatic hydroxyl groups is 2. The minimum absolute atomic E-state index is 0.00525. The van der Waals surface area contributed by atoms with E-state index in [0.29, 0.717) is 42.7 Å². The van der Waals surface area contributed by atoms with Crippen LogP contribution >= 0.6 is 0 Å². The largest absolute Gasteiger partial charge is 0.481 e. The first-order valence-corrected chi connectivity index (χ1v) is 8.92. The minimum atomic E-state index is -1.14. The highest BCUT2D eigenvalue weighted by Gasteiger charge is 2.44. The van der Waals surface area contributed by atoms with Crippen LogP contribution < -0.4 is 11.5 Å². The molecule has 0 spiro atoms. The van der Waals surface area contributed by atoms with Crippen LogP contribution in [-0.4, -0.2) is 60.7 Å². The van der Waals surface area contributed by atoms with E-state index in [2.05, 4.69) is 9.97 Å². The molecule has 0 aliphatic carbocycles. The molecule has 1 saturated heterocycles. The standard InChI is InChI=1S/C17H25N5O5/c18-7-9(2-1-3-12(23)24)6-11-13(25)14(26)17(27-11)22-5-4-10-15(19)20-8-21-16(10)22/h4-5,8-9,11,13-14,17,25-26H,1-3,6-7,18H2,(H,23,24)(H2,19,20,21). The van der Waals surface area contributed by atoms with Gasteiger partial charge in [-0.2, -0.15) is 0 Å². The molecule has 0 bridgehead atoms. The Morgan fingerprint density at radius 3 is 2.81 bits per heavy atom. The van der Waals surface area contributed by atoms with Crippen LogP contribution in [0.15, 0.2) is 18.6 Å². The van der Waals surface area contributed by atoms with Crippen molar-refractivity contribution in [2.45, 2.75) is 50.2 Å². The Kier molecular flexibility index (Phi) is 5.90. The van der Waals surface area contributed by atoms with Crippen molar-refractivity contribution in [3.63, 3.8) is 0 Å². The number of anilines is 1. The van der Waals surface area contributed by atoms with Gasteiger partial charge in [-0.25, -0.2) is 9.97 Å². The van der Waals surface area contributed by atoms with Gasteiger partial charge in [-0.05, 0) is 37.8 Å². The van der Waals surface area contributed by atoms with Gasteiger partial charge in [0.05, 0.1) is 11.5 Å². The molecule has 1 aliphatic heterocycles. The van der Waals surface area contributed by atoms with E-state index in [0.717, 1.165) is 0 Å². The Bertz CT molecular complexity index is 797. The molecule has 3 heterocycles. The van der Waals surface area contributed by atoms with Gasteiger partial charge in [0.1, 0.15) is 30.0 Å². The summed E-state index contributed by atoms with van der Waals surface area (Å²) < 4.78 is 7.56. The zero-order valence-electron chi connectivity index (χ0n) is 14.8. The number of ether oxygens (including phenoxy) is 1. The van der Waals surface area contributed by atoms with Gasteiger partial charge in [-0.1, -0.05) is 0 Å². The first-order valence-electron chi connectivity index (χ1n) is 8.92. The number of nitrogen functional groups attached to an aromatic ring is 1. The van der Waals surface area contributed by atoms with Gasteiger partial charge in [0.25, 0.3) is 0 Å². The van der Waals surface area contributed by atoms with Gasteiger partial charge in [0, 0.05) is 12.6 Å². The number of aliphatic carboxylic acids is 1. The van der Waals surface area contributed by atoms with E-state index < -0.39 is 30.5 Å². The van der Waals surface area contributed by atoms with Gasteiger partial charge < -0.3 is 36.1 Å². The second-order valence-corrected chi connectivity index (χ2v) is 6.89. The number of nitrogens with zero attached hydrogens (tertiary/aromatic N) is 3. The number of carbonyl (C=O) groups is 1. The molecule has 7 N–H and O–H groups in total. The number of fused-ring (bicyclic) bond motifs is 1. The molecule has 1 aliphatic rings. The number of hydrogen-bond acceptors (Lipinski definition) is 8. The van der Waals surface area contributed by atoms with E-state index in [4.69, 9.17) is 21.3 Å². The van der Waals surface area contributed by atoms with Crippen LogP contribution in [-0.2, 0) is 9.53 Å². The summed E-state index contributed by atoms with van der Waals surface area (Å²) in [7, 11) is 0. The molecule has 3 rings (SSSR count). The van der Waals surface area contributed by atoms with Crippen LogP contribution in [0.3, 0.4) is 0 Å². The van der Waals surface area contributed by atoms with E-state index in [9.17, 15) is 15.0 Å². The summed E-state index contributed by atoms with van der Waals surface area (Å²) in [6.07, 6.45) is 1.00. The summed E-state index contributed by atoms with van der Waals surface area (Å²) >= 11 is 0. The van der Waals surface area contributed by atoms with Crippen LogP contribution in [0.25, 0.3) is 11.0 Å². The predicted molar refractivity (Wildman–Crippen MR) is 96.5 cm³/mol. The smallest absolute Gasteiger partial charge is 0.303 e. The zero-order valence-corrected chi connectivity index (χ0v) is 14.8. The number of hydrogen-bond donors (Lipinski definition) is 5. The molecule has 10 heteroatoms. The first kappa shape index (κ1) is 19.5. The third-order valence-corrected chi connectivity index (χ3v) is 5.05. The van der Waals surface area contributed by atoms with E-state index in [1.807, 2.05) is 0 Å². The lowest BCUT2D eigenvalue weighted by Gasteiger charge is -2.21. The average molecular weight is 379 g/mol. The second kappa shape index (κ2) is 8.17. The van der Waals surface area contributed by atoms with Crippen molar-refractivity contribution in [2.24, 2.45) is 11.7 Å². The van der Waals surface area contributed by atoms with Crippen LogP contribution in [0, 0.1) is 5.92 Å². The number of carboxylic acid groups (broad SMARTS) is 1. The van der Waals surface area contributed by atoms with Crippen molar-refractivity contribution in [3.05, 3.63) is 18.6 Å². The highest BCUT2D eigenvalue weighted by Crippen LogP contribution is 2.35. The van der Waals surface area contributed by atoms with Crippen molar-refractivity contribution in [2.75, 3.05) is 12.3 Å². The number of carboxylic acids is 1. The lowest BCUT2D eigenvalue weighted by Crippen LogP contribution is -2.33. The van der Waals surface area contributed by atoms with Gasteiger partial charge >= 0.3 is 5.97 Å². The molecule has 27 heavy (non-hydrogen) atoms. The maximum Gasteiger partial charge on any atom is 0.303 e. The molecule has 0 amide bonds. The number of aliphatic hydroxyl groups excluding tert-OH is 2. The van der Waals surface area contributed by atoms with Crippen molar-refractivity contribution < 1.29 is 24.9 Å². The summed E-state index contributed by atoms with van der Waals surface area (Å²) in [5.74, 6) is -0.529. The molecule has 0 saturated carbocycles. The van der Waals surface area contributed by atoms with E-state index in [-0.39, 0.29) is 12.3 Å². The van der Waals surface area contributed by atoms with Crippen LogP contribution in [0.4, 0.5) is 5.82 Å². The molecule has 5 unspecified atom stereocenters. The topological polar surface area (TPSA) is 170 Å². The predicted octanol–water partition coefficient (Wildman–Crippen LogP) is -0.147. The fraction of sp³-hybridized carbons (Fsp3) is 0.588. The van der Waals surface area contributed by atoms with E-state index in [1.54, 1.807) is 16.8 Å². The molecule has 0 aromatic carbocycles. The molecule has 148 valence electrons. The highest BCUT2D eigenvalue weighted by atomic mass is 16.6. The Hall–Kier alpha value is -2.27. The number of nitrogens with two attached hydrogens (primary N) is 2. The lowest BCUT2D eigenvalue weighted by molar-refractivity contribution is -0.137. The molecular formula is C17H25N5O5. The Morgan fingerprint density at radius 2 is 2.11 bits per heavy atom. The van der Waals surface area contributed by atoms with Gasteiger partial charge in [0.2, 0.25) is 0 Å². The van der Waals surface area contributed by atoms with Crippen molar-refractivity contribution >= 4 is 22.8 Å². The summed E-state index contributed by atoms with van der Waals surface area (Å²) in [6, 6.07) is 1.73. The SMILES string of the molecule is NCC(CCCC(=O)O)CC1OC(n2ccc3c(N)ncnc32)C(O)C1O. The van der Waals surface area contributed by atoms with Gasteiger partial charge in [-0.15, -0.1) is 0 Å². The van der Waals surface area contributed by atoms with E-state index >= 15 is 0 Å². The summed E-state index contributed by atoms with van der Waals surface area (Å²) in [5, 5.41) is 30.3.